The predicted molar refractivity (Wildman–Crippen MR) is 86.7 cm³/mol. The van der Waals surface area contributed by atoms with Gasteiger partial charge in [-0.2, -0.15) is 0 Å². The quantitative estimate of drug-likeness (QED) is 0.807. The number of nitrogens with one attached hydrogen (secondary N) is 2. The lowest BCUT2D eigenvalue weighted by atomic mass is 10.0. The SMILES string of the molecule is COC(=O)N(C)CC(=O)NCC(Nc1ccccc1)C(C)C. The third kappa shape index (κ3) is 6.03. The highest BCUT2D eigenvalue weighted by molar-refractivity contribution is 5.82. The fraction of sp³-hybridized carbons (Fsp3) is 0.500. The second-order valence-corrected chi connectivity index (χ2v) is 5.49. The molecule has 22 heavy (non-hydrogen) atoms. The third-order valence-corrected chi connectivity index (χ3v) is 3.32. The van der Waals surface area contributed by atoms with Crippen molar-refractivity contribution in [2.75, 3.05) is 32.6 Å². The van der Waals surface area contributed by atoms with Crippen molar-refractivity contribution in [2.24, 2.45) is 5.92 Å². The van der Waals surface area contributed by atoms with Crippen LogP contribution in [0.15, 0.2) is 30.3 Å². The zero-order chi connectivity index (χ0) is 16.5. The smallest absolute Gasteiger partial charge is 0.409 e. The van der Waals surface area contributed by atoms with E-state index in [4.69, 9.17) is 0 Å². The number of carbonyl (C=O) groups is 2. The largest absolute Gasteiger partial charge is 0.453 e. The van der Waals surface area contributed by atoms with Gasteiger partial charge in [-0.15, -0.1) is 0 Å². The van der Waals surface area contributed by atoms with Gasteiger partial charge in [0.15, 0.2) is 0 Å². The van der Waals surface area contributed by atoms with E-state index in [9.17, 15) is 9.59 Å². The highest BCUT2D eigenvalue weighted by Gasteiger charge is 2.16. The van der Waals surface area contributed by atoms with E-state index in [-0.39, 0.29) is 18.5 Å². The van der Waals surface area contributed by atoms with Crippen LogP contribution in [0.4, 0.5) is 10.5 Å². The molecule has 0 heterocycles. The molecule has 2 amide bonds. The average molecular weight is 307 g/mol. The summed E-state index contributed by atoms with van der Waals surface area (Å²) in [6, 6.07) is 9.97. The van der Waals surface area contributed by atoms with Crippen LogP contribution in [0.25, 0.3) is 0 Å². The Labute approximate surface area is 131 Å². The molecule has 0 fully saturated rings. The number of nitrogens with zero attached hydrogens (tertiary/aromatic N) is 1. The Kier molecular flexibility index (Phi) is 7.22. The van der Waals surface area contributed by atoms with Crippen LogP contribution in [0.5, 0.6) is 0 Å². The summed E-state index contributed by atoms with van der Waals surface area (Å²) in [5.74, 6) is 0.132. The van der Waals surface area contributed by atoms with E-state index in [1.807, 2.05) is 30.3 Å². The molecule has 2 N–H and O–H groups in total. The number of hydrogen-bond donors (Lipinski definition) is 2. The average Bonchev–Trinajstić information content (AvgIpc) is 2.51. The van der Waals surface area contributed by atoms with Gasteiger partial charge in [0.2, 0.25) is 5.91 Å². The first-order valence-electron chi connectivity index (χ1n) is 7.31. The van der Waals surface area contributed by atoms with Gasteiger partial charge in [0.1, 0.15) is 6.54 Å². The lowest BCUT2D eigenvalue weighted by Crippen LogP contribution is -2.44. The number of methoxy groups -OCH3 is 1. The Morgan fingerprint density at radius 2 is 1.86 bits per heavy atom. The van der Waals surface area contributed by atoms with Gasteiger partial charge in [-0.25, -0.2) is 4.79 Å². The zero-order valence-electron chi connectivity index (χ0n) is 13.6. The lowest BCUT2D eigenvalue weighted by Gasteiger charge is -2.24. The third-order valence-electron chi connectivity index (χ3n) is 3.32. The van der Waals surface area contributed by atoms with Gasteiger partial charge in [-0.1, -0.05) is 32.0 Å². The molecule has 0 radical (unpaired) electrons. The molecular formula is C16H25N3O3. The Bertz CT molecular complexity index is 477. The summed E-state index contributed by atoms with van der Waals surface area (Å²) in [6.07, 6.45) is -0.530. The number of ether oxygens (including phenoxy) is 1. The molecule has 122 valence electrons. The highest BCUT2D eigenvalue weighted by Crippen LogP contribution is 2.11. The van der Waals surface area contributed by atoms with E-state index >= 15 is 0 Å². The van der Waals surface area contributed by atoms with E-state index < -0.39 is 6.09 Å². The second-order valence-electron chi connectivity index (χ2n) is 5.49. The van der Waals surface area contributed by atoms with Gasteiger partial charge in [0.25, 0.3) is 0 Å². The van der Waals surface area contributed by atoms with Crippen molar-refractivity contribution in [3.63, 3.8) is 0 Å². The first-order chi connectivity index (χ1) is 10.4. The van der Waals surface area contributed by atoms with Crippen LogP contribution in [-0.4, -0.2) is 50.2 Å². The summed E-state index contributed by atoms with van der Waals surface area (Å²) >= 11 is 0. The lowest BCUT2D eigenvalue weighted by molar-refractivity contribution is -0.121. The molecule has 6 heteroatoms. The molecule has 6 nitrogen and oxygen atoms in total. The van der Waals surface area contributed by atoms with Gasteiger partial charge >= 0.3 is 6.09 Å². The van der Waals surface area contributed by atoms with Gasteiger partial charge < -0.3 is 20.3 Å². The van der Waals surface area contributed by atoms with Crippen molar-refractivity contribution in [1.29, 1.82) is 0 Å². The topological polar surface area (TPSA) is 70.7 Å². The van der Waals surface area contributed by atoms with Crippen LogP contribution in [0.1, 0.15) is 13.8 Å². The first-order valence-corrected chi connectivity index (χ1v) is 7.31. The fourth-order valence-corrected chi connectivity index (χ4v) is 1.92. The minimum atomic E-state index is -0.530. The van der Waals surface area contributed by atoms with Crippen LogP contribution in [-0.2, 0) is 9.53 Å². The molecule has 0 spiro atoms. The number of hydrogen-bond acceptors (Lipinski definition) is 4. The molecule has 0 aliphatic heterocycles. The summed E-state index contributed by atoms with van der Waals surface area (Å²) in [7, 11) is 2.81. The van der Waals surface area contributed by atoms with Crippen molar-refractivity contribution in [1.82, 2.24) is 10.2 Å². The van der Waals surface area contributed by atoms with Gasteiger partial charge in [-0.3, -0.25) is 4.79 Å². The van der Waals surface area contributed by atoms with Gasteiger partial charge in [-0.05, 0) is 18.1 Å². The monoisotopic (exact) mass is 307 g/mol. The zero-order valence-corrected chi connectivity index (χ0v) is 13.6. The molecule has 1 atom stereocenters. The molecule has 0 aliphatic carbocycles. The number of benzene rings is 1. The number of carbonyl (C=O) groups excluding carboxylic acids is 2. The van der Waals surface area contributed by atoms with Crippen LogP contribution >= 0.6 is 0 Å². The maximum absolute atomic E-state index is 11.9. The van der Waals surface area contributed by atoms with Crippen molar-refractivity contribution in [3.05, 3.63) is 30.3 Å². The van der Waals surface area contributed by atoms with Crippen molar-refractivity contribution in [2.45, 2.75) is 19.9 Å². The molecule has 0 aromatic heterocycles. The van der Waals surface area contributed by atoms with Crippen LogP contribution in [0, 0.1) is 5.92 Å². The minimum absolute atomic E-state index is 0.0250. The molecular weight excluding hydrogens is 282 g/mol. The maximum atomic E-state index is 11.9. The Morgan fingerprint density at radius 1 is 1.23 bits per heavy atom. The molecule has 0 saturated carbocycles. The van der Waals surface area contributed by atoms with Crippen LogP contribution < -0.4 is 10.6 Å². The van der Waals surface area contributed by atoms with E-state index in [1.54, 1.807) is 0 Å². The normalized spacial score (nSPS) is 11.7. The Hall–Kier alpha value is -2.24. The summed E-state index contributed by atoms with van der Waals surface area (Å²) in [5, 5.41) is 6.24. The summed E-state index contributed by atoms with van der Waals surface area (Å²) in [6.45, 7) is 4.64. The van der Waals surface area contributed by atoms with Crippen LogP contribution in [0.2, 0.25) is 0 Å². The van der Waals surface area contributed by atoms with E-state index in [1.165, 1.54) is 19.1 Å². The highest BCUT2D eigenvalue weighted by atomic mass is 16.5. The predicted octanol–water partition coefficient (Wildman–Crippen LogP) is 1.94. The Balaban J connectivity index is 2.47. The standard InChI is InChI=1S/C16H25N3O3/c1-12(2)14(18-13-8-6-5-7-9-13)10-17-15(20)11-19(3)16(21)22-4/h5-9,12,14,18H,10-11H2,1-4H3,(H,17,20). The van der Waals surface area contributed by atoms with Gasteiger partial charge in [0, 0.05) is 25.3 Å². The molecule has 1 rings (SSSR count). The molecule has 1 aromatic carbocycles. The van der Waals surface area contributed by atoms with Crippen molar-refractivity contribution in [3.8, 4) is 0 Å². The van der Waals surface area contributed by atoms with E-state index in [2.05, 4.69) is 29.2 Å². The van der Waals surface area contributed by atoms with E-state index in [0.717, 1.165) is 5.69 Å². The van der Waals surface area contributed by atoms with E-state index in [0.29, 0.717) is 12.5 Å². The molecule has 0 saturated heterocycles. The number of amides is 2. The summed E-state index contributed by atoms with van der Waals surface area (Å²) < 4.78 is 4.55. The van der Waals surface area contributed by atoms with Crippen molar-refractivity contribution < 1.29 is 14.3 Å². The molecule has 1 unspecified atom stereocenters. The number of rotatable bonds is 7. The van der Waals surface area contributed by atoms with Crippen molar-refractivity contribution >= 4 is 17.7 Å². The summed E-state index contributed by atoms with van der Waals surface area (Å²) in [4.78, 5) is 24.3. The second kappa shape index (κ2) is 8.92. The van der Waals surface area contributed by atoms with Gasteiger partial charge in [0.05, 0.1) is 7.11 Å². The summed E-state index contributed by atoms with van der Waals surface area (Å²) in [5.41, 5.74) is 1.02. The first kappa shape index (κ1) is 17.8. The maximum Gasteiger partial charge on any atom is 0.409 e. The number of para-hydroxylation sites is 1. The number of likely N-dealkylation sites (N-methyl/N-ethyl adjacent to an activating group) is 1. The number of anilines is 1. The molecule has 1 aromatic rings. The fourth-order valence-electron chi connectivity index (χ4n) is 1.92. The molecule has 0 aliphatic rings. The Morgan fingerprint density at radius 3 is 2.41 bits per heavy atom. The minimum Gasteiger partial charge on any atom is -0.453 e. The molecule has 0 bridgehead atoms. The van der Waals surface area contributed by atoms with Crippen LogP contribution in [0.3, 0.4) is 0 Å².